The van der Waals surface area contributed by atoms with E-state index in [1.54, 1.807) is 12.4 Å². The minimum atomic E-state index is -0.537. The second-order valence-corrected chi connectivity index (χ2v) is 5.18. The van der Waals surface area contributed by atoms with E-state index in [1.165, 1.54) is 6.33 Å². The average Bonchev–Trinajstić information content (AvgIpc) is 2.56. The number of anilines is 2. The monoisotopic (exact) mass is 316 g/mol. The van der Waals surface area contributed by atoms with Gasteiger partial charge < -0.3 is 15.4 Å². The van der Waals surface area contributed by atoms with Crippen LogP contribution in [-0.4, -0.2) is 39.1 Å². The van der Waals surface area contributed by atoms with Crippen molar-refractivity contribution in [2.75, 3.05) is 23.7 Å². The van der Waals surface area contributed by atoms with Gasteiger partial charge in [0.25, 0.3) is 0 Å². The van der Waals surface area contributed by atoms with Crippen LogP contribution in [0.5, 0.6) is 5.75 Å². The summed E-state index contributed by atoms with van der Waals surface area (Å²) in [7, 11) is 0. The molecule has 0 saturated carbocycles. The predicted molar refractivity (Wildman–Crippen MR) is 83.2 cm³/mol. The van der Waals surface area contributed by atoms with Gasteiger partial charge in [-0.3, -0.25) is 15.1 Å². The molecule has 2 aromatic rings. The minimum Gasteiger partial charge on any atom is -0.490 e. The molecule has 1 aliphatic rings. The molecule has 9 heteroatoms. The summed E-state index contributed by atoms with van der Waals surface area (Å²) in [6, 6.07) is 3.62. The molecule has 1 fully saturated rings. The van der Waals surface area contributed by atoms with Gasteiger partial charge >= 0.3 is 5.69 Å². The molecule has 23 heavy (non-hydrogen) atoms. The Kier molecular flexibility index (Phi) is 4.18. The summed E-state index contributed by atoms with van der Waals surface area (Å²) in [5.41, 5.74) is 5.37. The Labute approximate surface area is 132 Å². The van der Waals surface area contributed by atoms with Gasteiger partial charge in [0.2, 0.25) is 11.6 Å². The van der Waals surface area contributed by atoms with Gasteiger partial charge in [-0.25, -0.2) is 9.97 Å². The highest BCUT2D eigenvalue weighted by atomic mass is 16.6. The zero-order valence-electron chi connectivity index (χ0n) is 12.3. The Bertz CT molecular complexity index is 688. The highest BCUT2D eigenvalue weighted by Crippen LogP contribution is 2.31. The lowest BCUT2D eigenvalue weighted by Gasteiger charge is -2.32. The molecule has 0 unspecified atom stereocenters. The van der Waals surface area contributed by atoms with E-state index in [-0.39, 0.29) is 23.4 Å². The molecule has 9 nitrogen and oxygen atoms in total. The van der Waals surface area contributed by atoms with E-state index >= 15 is 0 Å². The molecule has 3 rings (SSSR count). The summed E-state index contributed by atoms with van der Waals surface area (Å²) in [6.45, 7) is 1.21. The highest BCUT2D eigenvalue weighted by molar-refractivity contribution is 5.68. The van der Waals surface area contributed by atoms with Crippen molar-refractivity contribution in [1.82, 2.24) is 15.0 Å². The largest absolute Gasteiger partial charge is 0.490 e. The maximum Gasteiger partial charge on any atom is 0.353 e. The summed E-state index contributed by atoms with van der Waals surface area (Å²) < 4.78 is 5.88. The molecule has 0 aromatic carbocycles. The van der Waals surface area contributed by atoms with Crippen LogP contribution in [0.15, 0.2) is 30.9 Å². The minimum absolute atomic E-state index is 0.0619. The summed E-state index contributed by atoms with van der Waals surface area (Å²) >= 11 is 0. The SMILES string of the molecule is Nc1ncnc(N2CCC(Oc3ccncc3)CC2)c1[N+](=O)[O-]. The van der Waals surface area contributed by atoms with Crippen LogP contribution in [0.3, 0.4) is 0 Å². The van der Waals surface area contributed by atoms with Gasteiger partial charge in [0.05, 0.1) is 4.92 Å². The van der Waals surface area contributed by atoms with E-state index in [0.29, 0.717) is 13.1 Å². The van der Waals surface area contributed by atoms with Gasteiger partial charge in [-0.2, -0.15) is 0 Å². The normalized spacial score (nSPS) is 15.4. The molecule has 0 aliphatic carbocycles. The standard InChI is InChI=1S/C14H16N6O3/c15-13-12(20(21)22)14(18-9-17-13)19-7-3-11(4-8-19)23-10-1-5-16-6-2-10/h1-2,5-6,9,11H,3-4,7-8H2,(H2,15,17,18). The number of ether oxygens (including phenoxy) is 1. The van der Waals surface area contributed by atoms with Crippen LogP contribution >= 0.6 is 0 Å². The average molecular weight is 316 g/mol. The van der Waals surface area contributed by atoms with Crippen LogP contribution in [0.4, 0.5) is 17.3 Å². The number of aromatic nitrogens is 3. The Morgan fingerprint density at radius 1 is 1.26 bits per heavy atom. The fourth-order valence-corrected chi connectivity index (χ4v) is 2.58. The number of pyridine rings is 1. The first-order valence-corrected chi connectivity index (χ1v) is 7.21. The topological polar surface area (TPSA) is 120 Å². The van der Waals surface area contributed by atoms with Crippen LogP contribution in [0.2, 0.25) is 0 Å². The van der Waals surface area contributed by atoms with Crippen LogP contribution in [-0.2, 0) is 0 Å². The second-order valence-electron chi connectivity index (χ2n) is 5.18. The molecule has 3 heterocycles. The van der Waals surface area contributed by atoms with E-state index < -0.39 is 4.92 Å². The van der Waals surface area contributed by atoms with E-state index in [4.69, 9.17) is 10.5 Å². The zero-order chi connectivity index (χ0) is 16.2. The van der Waals surface area contributed by atoms with Crippen molar-refractivity contribution in [2.45, 2.75) is 18.9 Å². The Morgan fingerprint density at radius 3 is 2.61 bits per heavy atom. The van der Waals surface area contributed by atoms with E-state index in [1.807, 2.05) is 17.0 Å². The number of nitrogens with zero attached hydrogens (tertiary/aromatic N) is 5. The molecule has 0 spiro atoms. The van der Waals surface area contributed by atoms with Gasteiger partial charge in [0, 0.05) is 38.3 Å². The summed E-state index contributed by atoms with van der Waals surface area (Å²) in [6.07, 6.45) is 6.14. The van der Waals surface area contributed by atoms with Gasteiger partial charge in [0.15, 0.2) is 0 Å². The number of nitrogen functional groups attached to an aromatic ring is 1. The number of nitro groups is 1. The van der Waals surface area contributed by atoms with Crippen LogP contribution in [0.25, 0.3) is 0 Å². The van der Waals surface area contributed by atoms with E-state index in [2.05, 4.69) is 15.0 Å². The Balaban J connectivity index is 1.68. The maximum atomic E-state index is 11.2. The van der Waals surface area contributed by atoms with Gasteiger partial charge in [-0.1, -0.05) is 0 Å². The second kappa shape index (κ2) is 6.42. The molecular weight excluding hydrogens is 300 g/mol. The lowest BCUT2D eigenvalue weighted by Crippen LogP contribution is -2.39. The molecule has 0 amide bonds. The third-order valence-electron chi connectivity index (χ3n) is 3.71. The molecular formula is C14H16N6O3. The first-order valence-electron chi connectivity index (χ1n) is 7.21. The van der Waals surface area contributed by atoms with Crippen molar-refractivity contribution < 1.29 is 9.66 Å². The first-order chi connectivity index (χ1) is 11.1. The molecule has 2 aromatic heterocycles. The van der Waals surface area contributed by atoms with Crippen LogP contribution in [0.1, 0.15) is 12.8 Å². The number of hydrogen-bond donors (Lipinski definition) is 1. The summed E-state index contributed by atoms with van der Waals surface area (Å²) in [5.74, 6) is 0.927. The van der Waals surface area contributed by atoms with Crippen molar-refractivity contribution in [3.8, 4) is 5.75 Å². The first kappa shape index (κ1) is 14.9. The third-order valence-corrected chi connectivity index (χ3v) is 3.71. The number of rotatable bonds is 4. The third kappa shape index (κ3) is 3.28. The zero-order valence-corrected chi connectivity index (χ0v) is 12.3. The van der Waals surface area contributed by atoms with Gasteiger partial charge in [-0.05, 0) is 12.1 Å². The predicted octanol–water partition coefficient (Wildman–Crippen LogP) is 1.41. The van der Waals surface area contributed by atoms with Crippen molar-refractivity contribution in [2.24, 2.45) is 0 Å². The van der Waals surface area contributed by atoms with Crippen molar-refractivity contribution in [3.63, 3.8) is 0 Å². The maximum absolute atomic E-state index is 11.2. The Hall–Kier alpha value is -2.97. The van der Waals surface area contributed by atoms with Crippen molar-refractivity contribution in [3.05, 3.63) is 41.0 Å². The molecule has 0 atom stereocenters. The smallest absolute Gasteiger partial charge is 0.353 e. The molecule has 2 N–H and O–H groups in total. The lowest BCUT2D eigenvalue weighted by molar-refractivity contribution is -0.383. The summed E-state index contributed by atoms with van der Waals surface area (Å²) in [4.78, 5) is 24.2. The van der Waals surface area contributed by atoms with Crippen molar-refractivity contribution in [1.29, 1.82) is 0 Å². The lowest BCUT2D eigenvalue weighted by atomic mass is 10.1. The van der Waals surface area contributed by atoms with Crippen LogP contribution in [0, 0.1) is 10.1 Å². The quantitative estimate of drug-likeness (QED) is 0.664. The summed E-state index contributed by atoms with van der Waals surface area (Å²) in [5, 5.41) is 11.2. The molecule has 120 valence electrons. The highest BCUT2D eigenvalue weighted by Gasteiger charge is 2.29. The number of hydrogen-bond acceptors (Lipinski definition) is 8. The van der Waals surface area contributed by atoms with Gasteiger partial charge in [0.1, 0.15) is 18.2 Å². The van der Waals surface area contributed by atoms with Crippen molar-refractivity contribution >= 4 is 17.3 Å². The molecule has 0 radical (unpaired) electrons. The molecule has 1 saturated heterocycles. The fraction of sp³-hybridized carbons (Fsp3) is 0.357. The van der Waals surface area contributed by atoms with Gasteiger partial charge in [-0.15, -0.1) is 0 Å². The van der Waals surface area contributed by atoms with E-state index in [9.17, 15) is 10.1 Å². The van der Waals surface area contributed by atoms with E-state index in [0.717, 1.165) is 18.6 Å². The number of piperidine rings is 1. The van der Waals surface area contributed by atoms with Crippen LogP contribution < -0.4 is 15.4 Å². The fourth-order valence-electron chi connectivity index (χ4n) is 2.58. The number of nitrogens with two attached hydrogens (primary N) is 1. The molecule has 1 aliphatic heterocycles. The Morgan fingerprint density at radius 2 is 1.96 bits per heavy atom. The molecule has 0 bridgehead atoms.